The maximum atomic E-state index is 12.5. The minimum absolute atomic E-state index is 0.0228. The van der Waals surface area contributed by atoms with Gasteiger partial charge in [0.15, 0.2) is 0 Å². The summed E-state index contributed by atoms with van der Waals surface area (Å²) in [6.07, 6.45) is 3.42. The smallest absolute Gasteiger partial charge is 0.223 e. The standard InChI is InChI=1S/C22H31N3O3S2/c1-3-4-15-30(27,28)25-13-10-18(11-14-25)21(26)23-12-9-20-16-29-22(24-20)19-7-5-17(2)6-8-19/h5-8,16,18H,3-4,9-15H2,1-2H3,(H,23,26). The van der Waals surface area contributed by atoms with Gasteiger partial charge < -0.3 is 5.32 Å². The molecule has 0 spiro atoms. The summed E-state index contributed by atoms with van der Waals surface area (Å²) in [5.74, 6) is 0.120. The molecule has 30 heavy (non-hydrogen) atoms. The fraction of sp³-hybridized carbons (Fsp3) is 0.545. The highest BCUT2D eigenvalue weighted by molar-refractivity contribution is 7.89. The van der Waals surface area contributed by atoms with Crippen molar-refractivity contribution < 1.29 is 13.2 Å². The Balaban J connectivity index is 1.42. The van der Waals surface area contributed by atoms with Gasteiger partial charge in [0.1, 0.15) is 5.01 Å². The summed E-state index contributed by atoms with van der Waals surface area (Å²) in [6, 6.07) is 8.32. The lowest BCUT2D eigenvalue weighted by molar-refractivity contribution is -0.126. The van der Waals surface area contributed by atoms with E-state index in [4.69, 9.17) is 0 Å². The van der Waals surface area contributed by atoms with Crippen molar-refractivity contribution in [3.8, 4) is 10.6 Å². The van der Waals surface area contributed by atoms with Crippen LogP contribution in [-0.2, 0) is 21.2 Å². The van der Waals surface area contributed by atoms with Crippen molar-refractivity contribution >= 4 is 27.3 Å². The maximum Gasteiger partial charge on any atom is 0.223 e. The Bertz CT molecular complexity index is 931. The van der Waals surface area contributed by atoms with Crippen LogP contribution >= 0.6 is 11.3 Å². The van der Waals surface area contributed by atoms with Gasteiger partial charge >= 0.3 is 0 Å². The van der Waals surface area contributed by atoms with Crippen LogP contribution in [0.4, 0.5) is 0 Å². The Morgan fingerprint density at radius 3 is 2.60 bits per heavy atom. The quantitative estimate of drug-likeness (QED) is 0.634. The number of carbonyl (C=O) groups is 1. The molecule has 3 rings (SSSR count). The molecule has 1 saturated heterocycles. The van der Waals surface area contributed by atoms with Gasteiger partial charge in [-0.15, -0.1) is 11.3 Å². The van der Waals surface area contributed by atoms with Gasteiger partial charge in [0.05, 0.1) is 11.4 Å². The van der Waals surface area contributed by atoms with Crippen LogP contribution in [-0.4, -0.2) is 49.0 Å². The summed E-state index contributed by atoms with van der Waals surface area (Å²) in [5.41, 5.74) is 3.32. The van der Waals surface area contributed by atoms with Gasteiger partial charge in [-0.05, 0) is 26.2 Å². The number of nitrogens with one attached hydrogen (secondary N) is 1. The van der Waals surface area contributed by atoms with Gasteiger partial charge in [0, 0.05) is 42.9 Å². The molecule has 1 aliphatic heterocycles. The molecule has 2 aromatic rings. The molecule has 8 heteroatoms. The van der Waals surface area contributed by atoms with Crippen molar-refractivity contribution in [2.24, 2.45) is 5.92 Å². The largest absolute Gasteiger partial charge is 0.355 e. The lowest BCUT2D eigenvalue weighted by Gasteiger charge is -2.30. The summed E-state index contributed by atoms with van der Waals surface area (Å²) < 4.78 is 26.1. The molecular formula is C22H31N3O3S2. The number of thiazole rings is 1. The summed E-state index contributed by atoms with van der Waals surface area (Å²) in [6.45, 7) is 5.48. The molecule has 1 aliphatic rings. The van der Waals surface area contributed by atoms with E-state index in [1.807, 2.05) is 12.3 Å². The lowest BCUT2D eigenvalue weighted by Crippen LogP contribution is -2.44. The topological polar surface area (TPSA) is 79.4 Å². The van der Waals surface area contributed by atoms with Crippen LogP contribution in [0.2, 0.25) is 0 Å². The van der Waals surface area contributed by atoms with Gasteiger partial charge in [-0.1, -0.05) is 43.2 Å². The van der Waals surface area contributed by atoms with E-state index in [1.165, 1.54) is 5.56 Å². The summed E-state index contributed by atoms with van der Waals surface area (Å²) in [5, 5.41) is 6.04. The molecule has 0 aliphatic carbocycles. The van der Waals surface area contributed by atoms with E-state index in [9.17, 15) is 13.2 Å². The molecule has 2 heterocycles. The van der Waals surface area contributed by atoms with Gasteiger partial charge in [-0.3, -0.25) is 4.79 Å². The van der Waals surface area contributed by atoms with Crippen LogP contribution in [0.15, 0.2) is 29.6 Å². The van der Waals surface area contributed by atoms with Crippen LogP contribution in [0.3, 0.4) is 0 Å². The van der Waals surface area contributed by atoms with Crippen molar-refractivity contribution in [3.63, 3.8) is 0 Å². The number of nitrogens with zero attached hydrogens (tertiary/aromatic N) is 2. The third kappa shape index (κ3) is 6.12. The van der Waals surface area contributed by atoms with Gasteiger partial charge in [-0.25, -0.2) is 17.7 Å². The van der Waals surface area contributed by atoms with Crippen LogP contribution < -0.4 is 5.32 Å². The highest BCUT2D eigenvalue weighted by Gasteiger charge is 2.30. The summed E-state index contributed by atoms with van der Waals surface area (Å²) >= 11 is 1.62. The number of rotatable bonds is 9. The summed E-state index contributed by atoms with van der Waals surface area (Å²) in [7, 11) is -3.18. The molecule has 0 unspecified atom stereocenters. The highest BCUT2D eigenvalue weighted by atomic mass is 32.2. The second kappa shape index (κ2) is 10.5. The van der Waals surface area contributed by atoms with Crippen LogP contribution in [0.25, 0.3) is 10.6 Å². The van der Waals surface area contributed by atoms with Crippen LogP contribution in [0, 0.1) is 12.8 Å². The average Bonchev–Trinajstić information content (AvgIpc) is 3.22. The monoisotopic (exact) mass is 449 g/mol. The molecular weight excluding hydrogens is 418 g/mol. The first-order valence-corrected chi connectivity index (χ1v) is 13.1. The van der Waals surface area contributed by atoms with E-state index in [0.29, 0.717) is 45.3 Å². The molecule has 1 aromatic carbocycles. The average molecular weight is 450 g/mol. The van der Waals surface area contributed by atoms with Crippen LogP contribution in [0.5, 0.6) is 0 Å². The molecule has 1 aromatic heterocycles. The predicted molar refractivity (Wildman–Crippen MR) is 122 cm³/mol. The molecule has 6 nitrogen and oxygen atoms in total. The highest BCUT2D eigenvalue weighted by Crippen LogP contribution is 2.24. The Morgan fingerprint density at radius 2 is 1.93 bits per heavy atom. The maximum absolute atomic E-state index is 12.5. The molecule has 1 fully saturated rings. The molecule has 164 valence electrons. The lowest BCUT2D eigenvalue weighted by atomic mass is 9.97. The first-order chi connectivity index (χ1) is 14.4. The van der Waals surface area contributed by atoms with E-state index < -0.39 is 10.0 Å². The number of benzene rings is 1. The van der Waals surface area contributed by atoms with Gasteiger partial charge in [0.25, 0.3) is 0 Å². The molecule has 0 saturated carbocycles. The molecule has 0 atom stereocenters. The number of unbranched alkanes of at least 4 members (excludes halogenated alkanes) is 1. The van der Waals surface area contributed by atoms with Crippen molar-refractivity contribution in [3.05, 3.63) is 40.9 Å². The number of amides is 1. The minimum Gasteiger partial charge on any atom is -0.355 e. The Hall–Kier alpha value is -1.77. The molecule has 0 bridgehead atoms. The second-order valence-corrected chi connectivity index (χ2v) is 10.8. The number of aromatic nitrogens is 1. The third-order valence-electron chi connectivity index (χ3n) is 5.50. The zero-order valence-electron chi connectivity index (χ0n) is 17.8. The summed E-state index contributed by atoms with van der Waals surface area (Å²) in [4.78, 5) is 17.2. The normalized spacial score (nSPS) is 15.9. The van der Waals surface area contributed by atoms with Crippen molar-refractivity contribution in [2.45, 2.75) is 46.0 Å². The van der Waals surface area contributed by atoms with E-state index in [-0.39, 0.29) is 17.6 Å². The Kier molecular flexibility index (Phi) is 8.02. The minimum atomic E-state index is -3.18. The zero-order valence-corrected chi connectivity index (χ0v) is 19.4. The number of sulfonamides is 1. The SMILES string of the molecule is CCCCS(=O)(=O)N1CCC(C(=O)NCCc2csc(-c3ccc(C)cc3)n2)CC1. The van der Waals surface area contributed by atoms with Gasteiger partial charge in [-0.2, -0.15) is 0 Å². The van der Waals surface area contributed by atoms with Crippen LogP contribution in [0.1, 0.15) is 43.9 Å². The van der Waals surface area contributed by atoms with E-state index in [0.717, 1.165) is 22.7 Å². The van der Waals surface area contributed by atoms with Crippen molar-refractivity contribution in [2.75, 3.05) is 25.4 Å². The zero-order chi connectivity index (χ0) is 21.6. The fourth-order valence-electron chi connectivity index (χ4n) is 3.56. The second-order valence-electron chi connectivity index (χ2n) is 7.89. The first kappa shape index (κ1) is 22.9. The first-order valence-electron chi connectivity index (χ1n) is 10.7. The number of hydrogen-bond donors (Lipinski definition) is 1. The Morgan fingerprint density at radius 1 is 1.23 bits per heavy atom. The third-order valence-corrected chi connectivity index (χ3v) is 8.40. The van der Waals surface area contributed by atoms with E-state index in [2.05, 4.69) is 41.5 Å². The molecule has 1 amide bonds. The van der Waals surface area contributed by atoms with E-state index >= 15 is 0 Å². The van der Waals surface area contributed by atoms with E-state index in [1.54, 1.807) is 15.6 Å². The van der Waals surface area contributed by atoms with Crippen molar-refractivity contribution in [1.82, 2.24) is 14.6 Å². The fourth-order valence-corrected chi connectivity index (χ4v) is 6.10. The number of aryl methyl sites for hydroxylation is 1. The molecule has 1 N–H and O–H groups in total. The molecule has 0 radical (unpaired) electrons. The Labute approximate surface area is 183 Å². The number of hydrogen-bond acceptors (Lipinski definition) is 5. The van der Waals surface area contributed by atoms with Gasteiger partial charge in [0.2, 0.25) is 15.9 Å². The predicted octanol–water partition coefficient (Wildman–Crippen LogP) is 3.62. The number of piperidine rings is 1. The van der Waals surface area contributed by atoms with Crippen molar-refractivity contribution in [1.29, 1.82) is 0 Å². The number of carbonyl (C=O) groups excluding carboxylic acids is 1.